The first-order valence-electron chi connectivity index (χ1n) is 8.45. The Bertz CT molecular complexity index is 1020. The summed E-state index contributed by atoms with van der Waals surface area (Å²) in [5, 5.41) is 5.44. The highest BCUT2D eigenvalue weighted by molar-refractivity contribution is 6.30. The van der Waals surface area contributed by atoms with Gasteiger partial charge in [0.1, 0.15) is 0 Å². The van der Waals surface area contributed by atoms with E-state index in [1.807, 2.05) is 42.6 Å². The van der Waals surface area contributed by atoms with Crippen molar-refractivity contribution in [2.45, 2.75) is 40.5 Å². The van der Waals surface area contributed by atoms with E-state index >= 15 is 0 Å². The molecule has 25 heavy (non-hydrogen) atoms. The van der Waals surface area contributed by atoms with Crippen LogP contribution in [0.2, 0.25) is 5.02 Å². The van der Waals surface area contributed by atoms with Gasteiger partial charge in [0, 0.05) is 17.0 Å². The smallest absolute Gasteiger partial charge is 0.167 e. The molecule has 1 aliphatic rings. The number of carbonyl (C=O) groups is 1. The third-order valence-electron chi connectivity index (χ3n) is 4.91. The molecule has 4 nitrogen and oxygen atoms in total. The molecule has 1 aromatic carbocycles. The summed E-state index contributed by atoms with van der Waals surface area (Å²) < 4.78 is 1.88. The summed E-state index contributed by atoms with van der Waals surface area (Å²) in [5.41, 5.74) is 6.19. The van der Waals surface area contributed by atoms with E-state index in [0.717, 1.165) is 45.8 Å². The Morgan fingerprint density at radius 3 is 2.40 bits per heavy atom. The van der Waals surface area contributed by atoms with Crippen LogP contribution in [0.25, 0.3) is 16.8 Å². The van der Waals surface area contributed by atoms with Crippen molar-refractivity contribution in [1.29, 1.82) is 0 Å². The van der Waals surface area contributed by atoms with Gasteiger partial charge in [-0.2, -0.15) is 5.10 Å². The molecule has 0 atom stereocenters. The van der Waals surface area contributed by atoms with Crippen LogP contribution >= 0.6 is 11.6 Å². The van der Waals surface area contributed by atoms with E-state index in [9.17, 15) is 4.79 Å². The highest BCUT2D eigenvalue weighted by atomic mass is 35.5. The molecule has 5 heteroatoms. The summed E-state index contributed by atoms with van der Waals surface area (Å²) in [6, 6.07) is 7.71. The Hall–Kier alpha value is -2.20. The SMILES string of the molecule is Cc1nc2c(-c3ccc(Cl)cc3)c(C)nn2c2c1C(=O)CC(C)(C)C2. The largest absolute Gasteiger partial charge is 0.294 e. The normalized spacial score (nSPS) is 16.3. The minimum atomic E-state index is -0.0644. The van der Waals surface area contributed by atoms with Gasteiger partial charge in [-0.15, -0.1) is 0 Å². The molecule has 0 fully saturated rings. The van der Waals surface area contributed by atoms with Crippen LogP contribution in [-0.4, -0.2) is 20.4 Å². The van der Waals surface area contributed by atoms with E-state index in [1.165, 1.54) is 0 Å². The summed E-state index contributed by atoms with van der Waals surface area (Å²) in [5.74, 6) is 0.166. The number of hydrogen-bond donors (Lipinski definition) is 0. The van der Waals surface area contributed by atoms with E-state index < -0.39 is 0 Å². The number of nitrogens with zero attached hydrogens (tertiary/aromatic N) is 3. The average Bonchev–Trinajstić information content (AvgIpc) is 2.83. The number of fused-ring (bicyclic) bond motifs is 3. The van der Waals surface area contributed by atoms with Crippen LogP contribution in [0.1, 0.15) is 47.7 Å². The maximum absolute atomic E-state index is 12.7. The molecule has 0 saturated heterocycles. The average molecular weight is 354 g/mol. The van der Waals surface area contributed by atoms with E-state index in [2.05, 4.69) is 13.8 Å². The van der Waals surface area contributed by atoms with Gasteiger partial charge >= 0.3 is 0 Å². The van der Waals surface area contributed by atoms with Gasteiger partial charge in [0.25, 0.3) is 0 Å². The second kappa shape index (κ2) is 5.40. The van der Waals surface area contributed by atoms with Crippen molar-refractivity contribution in [2.24, 2.45) is 5.41 Å². The molecule has 0 radical (unpaired) electrons. The zero-order valence-electron chi connectivity index (χ0n) is 14.9. The molecule has 0 saturated carbocycles. The lowest BCUT2D eigenvalue weighted by atomic mass is 9.75. The van der Waals surface area contributed by atoms with E-state index in [-0.39, 0.29) is 11.2 Å². The number of carbonyl (C=O) groups excluding carboxylic acids is 1. The van der Waals surface area contributed by atoms with E-state index in [1.54, 1.807) is 0 Å². The van der Waals surface area contributed by atoms with Crippen molar-refractivity contribution in [2.75, 3.05) is 0 Å². The predicted molar refractivity (Wildman–Crippen MR) is 99.3 cm³/mol. The molecule has 0 unspecified atom stereocenters. The van der Waals surface area contributed by atoms with Gasteiger partial charge in [-0.25, -0.2) is 9.50 Å². The Morgan fingerprint density at radius 1 is 1.04 bits per heavy atom. The van der Waals surface area contributed by atoms with Crippen LogP contribution in [0.3, 0.4) is 0 Å². The molecule has 0 amide bonds. The highest BCUT2D eigenvalue weighted by Gasteiger charge is 2.35. The van der Waals surface area contributed by atoms with Crippen molar-refractivity contribution in [3.05, 3.63) is 51.9 Å². The molecular formula is C20H20ClN3O. The van der Waals surface area contributed by atoms with Gasteiger partial charge < -0.3 is 0 Å². The Kier molecular flexibility index (Phi) is 3.51. The van der Waals surface area contributed by atoms with E-state index in [4.69, 9.17) is 21.7 Å². The second-order valence-corrected chi connectivity index (χ2v) is 8.10. The third-order valence-corrected chi connectivity index (χ3v) is 5.16. The Labute approximate surface area is 151 Å². The van der Waals surface area contributed by atoms with Crippen LogP contribution in [0.15, 0.2) is 24.3 Å². The molecule has 1 aliphatic carbocycles. The van der Waals surface area contributed by atoms with Crippen molar-refractivity contribution in [1.82, 2.24) is 14.6 Å². The van der Waals surface area contributed by atoms with Crippen molar-refractivity contribution in [3.8, 4) is 11.1 Å². The first kappa shape index (κ1) is 16.3. The number of rotatable bonds is 1. The van der Waals surface area contributed by atoms with Crippen LogP contribution in [0.5, 0.6) is 0 Å². The van der Waals surface area contributed by atoms with Crippen LogP contribution in [0, 0.1) is 19.3 Å². The lowest BCUT2D eigenvalue weighted by Gasteiger charge is -2.30. The quantitative estimate of drug-likeness (QED) is 0.630. The number of ketones is 1. The maximum atomic E-state index is 12.7. The third kappa shape index (κ3) is 2.56. The molecule has 0 bridgehead atoms. The second-order valence-electron chi connectivity index (χ2n) is 7.66. The summed E-state index contributed by atoms with van der Waals surface area (Å²) in [6.07, 6.45) is 1.37. The van der Waals surface area contributed by atoms with E-state index in [0.29, 0.717) is 11.4 Å². The number of halogens is 1. The van der Waals surface area contributed by atoms with Crippen LogP contribution < -0.4 is 0 Å². The number of aryl methyl sites for hydroxylation is 2. The number of benzene rings is 1. The molecule has 128 valence electrons. The number of Topliss-reactive ketones (excluding diaryl/α,β-unsaturated/α-hetero) is 1. The molecular weight excluding hydrogens is 334 g/mol. The zero-order valence-corrected chi connectivity index (χ0v) is 15.6. The maximum Gasteiger partial charge on any atom is 0.167 e. The van der Waals surface area contributed by atoms with Gasteiger partial charge in [-0.3, -0.25) is 4.79 Å². The molecule has 3 aromatic rings. The molecule has 0 N–H and O–H groups in total. The fourth-order valence-electron chi connectivity index (χ4n) is 3.86. The first-order chi connectivity index (χ1) is 11.8. The summed E-state index contributed by atoms with van der Waals surface area (Å²) in [4.78, 5) is 17.4. The van der Waals surface area contributed by atoms with Gasteiger partial charge in [0.15, 0.2) is 11.4 Å². The standard InChI is InChI=1S/C20H20ClN3O/c1-11-18-15(9-20(3,4)10-16(18)25)24-19(22-11)17(12(2)23-24)13-5-7-14(21)8-6-13/h5-8H,9-10H2,1-4H3. The van der Waals surface area contributed by atoms with Gasteiger partial charge in [0.2, 0.25) is 0 Å². The van der Waals surface area contributed by atoms with Crippen molar-refractivity contribution >= 4 is 23.0 Å². The van der Waals surface area contributed by atoms with Crippen molar-refractivity contribution < 1.29 is 4.79 Å². The van der Waals surface area contributed by atoms with Gasteiger partial charge in [0.05, 0.1) is 22.6 Å². The first-order valence-corrected chi connectivity index (χ1v) is 8.82. The minimum Gasteiger partial charge on any atom is -0.294 e. The topological polar surface area (TPSA) is 47.3 Å². The molecule has 2 aromatic heterocycles. The molecule has 0 spiro atoms. The minimum absolute atomic E-state index is 0.0644. The summed E-state index contributed by atoms with van der Waals surface area (Å²) >= 11 is 6.02. The highest BCUT2D eigenvalue weighted by Crippen LogP contribution is 2.37. The fraction of sp³-hybridized carbons (Fsp3) is 0.350. The summed E-state index contributed by atoms with van der Waals surface area (Å²) in [7, 11) is 0. The Balaban J connectivity index is 2.03. The molecule has 2 heterocycles. The monoisotopic (exact) mass is 353 g/mol. The van der Waals surface area contributed by atoms with Gasteiger partial charge in [-0.05, 0) is 43.4 Å². The fourth-order valence-corrected chi connectivity index (χ4v) is 3.98. The zero-order chi connectivity index (χ0) is 17.9. The lowest BCUT2D eigenvalue weighted by molar-refractivity contribution is 0.0907. The number of aromatic nitrogens is 3. The van der Waals surface area contributed by atoms with Crippen molar-refractivity contribution in [3.63, 3.8) is 0 Å². The Morgan fingerprint density at radius 2 is 1.72 bits per heavy atom. The summed E-state index contributed by atoms with van der Waals surface area (Å²) in [6.45, 7) is 8.16. The lowest BCUT2D eigenvalue weighted by Crippen LogP contribution is -2.30. The molecule has 0 aliphatic heterocycles. The van der Waals surface area contributed by atoms with Crippen LogP contribution in [0.4, 0.5) is 0 Å². The number of hydrogen-bond acceptors (Lipinski definition) is 3. The van der Waals surface area contributed by atoms with Crippen LogP contribution in [-0.2, 0) is 6.42 Å². The predicted octanol–water partition coefficient (Wildman–Crippen LogP) is 4.82. The van der Waals surface area contributed by atoms with Gasteiger partial charge in [-0.1, -0.05) is 37.6 Å². The molecule has 4 rings (SSSR count).